The van der Waals surface area contributed by atoms with Gasteiger partial charge in [-0.1, -0.05) is 0 Å². The van der Waals surface area contributed by atoms with Gasteiger partial charge in [0.15, 0.2) is 5.78 Å². The Morgan fingerprint density at radius 1 is 1.20 bits per heavy atom. The third-order valence-corrected chi connectivity index (χ3v) is 6.25. The van der Waals surface area contributed by atoms with Gasteiger partial charge < -0.3 is 0 Å². The van der Waals surface area contributed by atoms with Gasteiger partial charge in [0.2, 0.25) is 10.0 Å². The number of carbonyl (C=O) groups is 1. The minimum Gasteiger partial charge on any atom is -0.293 e. The molecule has 0 saturated carbocycles. The molecule has 0 atom stereocenters. The molecule has 1 aliphatic heterocycles. The van der Waals surface area contributed by atoms with Gasteiger partial charge in [0.1, 0.15) is 5.82 Å². The molecule has 7 heteroatoms. The molecule has 0 fully saturated rings. The normalized spacial score (nSPS) is 14.2. The first-order valence-electron chi connectivity index (χ1n) is 7.87. The van der Waals surface area contributed by atoms with E-state index in [1.165, 1.54) is 34.5 Å². The van der Waals surface area contributed by atoms with Crippen LogP contribution in [0.25, 0.3) is 0 Å². The third kappa shape index (κ3) is 4.22. The summed E-state index contributed by atoms with van der Waals surface area (Å²) in [5, 5.41) is 0. The van der Waals surface area contributed by atoms with Crippen molar-refractivity contribution in [2.24, 2.45) is 0 Å². The lowest BCUT2D eigenvalue weighted by Gasteiger charge is -2.29. The van der Waals surface area contributed by atoms with Crippen molar-refractivity contribution in [2.75, 3.05) is 22.9 Å². The number of benzene rings is 2. The average molecular weight is 379 g/mol. The molecular weight excluding hydrogens is 361 g/mol. The number of anilines is 1. The van der Waals surface area contributed by atoms with Crippen molar-refractivity contribution in [1.82, 2.24) is 0 Å². The largest absolute Gasteiger partial charge is 0.293 e. The molecule has 0 radical (unpaired) electrons. The fraction of sp³-hybridized carbons (Fsp3) is 0.278. The molecule has 0 saturated heterocycles. The van der Waals surface area contributed by atoms with E-state index in [1.807, 2.05) is 0 Å². The number of carbonyl (C=O) groups excluding carboxylic acids is 1. The molecule has 25 heavy (non-hydrogen) atoms. The van der Waals surface area contributed by atoms with Crippen molar-refractivity contribution in [3.05, 3.63) is 59.4 Å². The number of nitrogens with zero attached hydrogens (tertiary/aromatic N) is 1. The predicted molar refractivity (Wildman–Crippen MR) is 98.4 cm³/mol. The third-order valence-electron chi connectivity index (χ3n) is 4.06. The summed E-state index contributed by atoms with van der Waals surface area (Å²) in [5.74, 6) is -0.0883. The second kappa shape index (κ2) is 7.17. The molecule has 1 heterocycles. The van der Waals surface area contributed by atoms with Crippen LogP contribution in [0.4, 0.5) is 10.1 Å². The summed E-state index contributed by atoms with van der Waals surface area (Å²) in [6.07, 6.45) is 2.69. The Hall–Kier alpha value is -1.86. The highest BCUT2D eigenvalue weighted by Crippen LogP contribution is 2.30. The quantitative estimate of drug-likeness (QED) is 0.589. The highest BCUT2D eigenvalue weighted by Gasteiger charge is 2.24. The van der Waals surface area contributed by atoms with Gasteiger partial charge >= 0.3 is 0 Å². The number of halogens is 1. The van der Waals surface area contributed by atoms with Crippen molar-refractivity contribution in [3.8, 4) is 0 Å². The average Bonchev–Trinajstić information content (AvgIpc) is 2.59. The lowest BCUT2D eigenvalue weighted by molar-refractivity contribution is 0.102. The zero-order valence-electron chi connectivity index (χ0n) is 13.7. The number of fused-ring (bicyclic) bond motifs is 1. The molecule has 2 aromatic carbocycles. The van der Waals surface area contributed by atoms with E-state index in [-0.39, 0.29) is 17.4 Å². The van der Waals surface area contributed by atoms with Crippen LogP contribution < -0.4 is 4.31 Å². The maximum atomic E-state index is 12.9. The number of hydrogen-bond donors (Lipinski definition) is 0. The molecular formula is C18H18FNO3S2. The summed E-state index contributed by atoms with van der Waals surface area (Å²) < 4.78 is 38.1. The molecule has 0 aliphatic carbocycles. The number of Topliss-reactive ketones (excluding diaryl/α,β-unsaturated/α-hetero) is 1. The molecule has 0 unspecified atom stereocenters. The Labute approximate surface area is 151 Å². The molecule has 1 aliphatic rings. The van der Waals surface area contributed by atoms with Gasteiger partial charge in [-0.2, -0.15) is 0 Å². The summed E-state index contributed by atoms with van der Waals surface area (Å²) >= 11 is 1.35. The van der Waals surface area contributed by atoms with Gasteiger partial charge in [0.05, 0.1) is 17.7 Å². The van der Waals surface area contributed by atoms with E-state index in [0.29, 0.717) is 17.8 Å². The Kier molecular flexibility index (Phi) is 5.15. The van der Waals surface area contributed by atoms with E-state index >= 15 is 0 Å². The van der Waals surface area contributed by atoms with Crippen molar-refractivity contribution >= 4 is 33.3 Å². The van der Waals surface area contributed by atoms with Crippen molar-refractivity contribution in [1.29, 1.82) is 0 Å². The van der Waals surface area contributed by atoms with E-state index in [0.717, 1.165) is 23.3 Å². The minimum atomic E-state index is -3.31. The number of rotatable bonds is 5. The topological polar surface area (TPSA) is 54.5 Å². The first-order chi connectivity index (χ1) is 11.8. The van der Waals surface area contributed by atoms with Crippen molar-refractivity contribution in [2.45, 2.75) is 17.7 Å². The highest BCUT2D eigenvalue weighted by atomic mass is 32.2. The van der Waals surface area contributed by atoms with Crippen LogP contribution in [-0.2, 0) is 16.4 Å². The monoisotopic (exact) mass is 379 g/mol. The van der Waals surface area contributed by atoms with Crippen LogP contribution in [-0.4, -0.2) is 32.8 Å². The van der Waals surface area contributed by atoms with Crippen molar-refractivity contribution < 1.29 is 17.6 Å². The van der Waals surface area contributed by atoms with E-state index in [9.17, 15) is 17.6 Å². The fourth-order valence-corrected chi connectivity index (χ4v) is 4.63. The Bertz CT molecular complexity index is 895. The van der Waals surface area contributed by atoms with Gasteiger partial charge in [0.25, 0.3) is 0 Å². The van der Waals surface area contributed by atoms with Crippen LogP contribution >= 0.6 is 11.8 Å². The summed E-state index contributed by atoms with van der Waals surface area (Å²) in [6.45, 7) is 0.472. The lowest BCUT2D eigenvalue weighted by Crippen LogP contribution is -2.34. The van der Waals surface area contributed by atoms with Gasteiger partial charge in [-0.05, 0) is 60.9 Å². The number of hydrogen-bond acceptors (Lipinski definition) is 4. The van der Waals surface area contributed by atoms with E-state index < -0.39 is 10.0 Å². The molecule has 0 bridgehead atoms. The molecule has 0 amide bonds. The SMILES string of the molecule is CS(=O)(=O)N1CCCc2cc(C(=O)CSc3ccc(F)cc3)ccc21. The number of sulfonamides is 1. The standard InChI is InChI=1S/C18H18FNO3S2/c1-25(22,23)20-10-2-3-13-11-14(4-9-17(13)20)18(21)12-24-16-7-5-15(19)6-8-16/h4-9,11H,2-3,10,12H2,1H3. The van der Waals surface area contributed by atoms with Crippen LogP contribution in [0.2, 0.25) is 0 Å². The molecule has 3 rings (SSSR count). The smallest absolute Gasteiger partial charge is 0.232 e. The lowest BCUT2D eigenvalue weighted by atomic mass is 9.99. The minimum absolute atomic E-state index is 0.0337. The Morgan fingerprint density at radius 3 is 2.60 bits per heavy atom. The number of thioether (sulfide) groups is 1. The summed E-state index contributed by atoms with van der Waals surface area (Å²) in [5.41, 5.74) is 2.12. The second-order valence-corrected chi connectivity index (χ2v) is 8.90. The Balaban J connectivity index is 1.75. The first-order valence-corrected chi connectivity index (χ1v) is 10.7. The summed E-state index contributed by atoms with van der Waals surface area (Å²) in [6, 6.07) is 11.2. The van der Waals surface area contributed by atoms with Crippen LogP contribution in [0, 0.1) is 5.82 Å². The Morgan fingerprint density at radius 2 is 1.92 bits per heavy atom. The van der Waals surface area contributed by atoms with Gasteiger partial charge in [-0.15, -0.1) is 11.8 Å². The zero-order valence-corrected chi connectivity index (χ0v) is 15.4. The summed E-state index contributed by atoms with van der Waals surface area (Å²) in [4.78, 5) is 13.3. The molecule has 2 aromatic rings. The van der Waals surface area contributed by atoms with Gasteiger partial charge in [-0.25, -0.2) is 12.8 Å². The van der Waals surface area contributed by atoms with Gasteiger partial charge in [-0.3, -0.25) is 9.10 Å². The molecule has 132 valence electrons. The van der Waals surface area contributed by atoms with Crippen LogP contribution in [0.5, 0.6) is 0 Å². The maximum absolute atomic E-state index is 12.9. The zero-order chi connectivity index (χ0) is 18.0. The first kappa shape index (κ1) is 17.9. The highest BCUT2D eigenvalue weighted by molar-refractivity contribution is 8.00. The van der Waals surface area contributed by atoms with Crippen LogP contribution in [0.3, 0.4) is 0 Å². The van der Waals surface area contributed by atoms with Crippen LogP contribution in [0.1, 0.15) is 22.3 Å². The fourth-order valence-electron chi connectivity index (χ4n) is 2.84. The number of aryl methyl sites for hydroxylation is 1. The second-order valence-electron chi connectivity index (χ2n) is 5.95. The van der Waals surface area contributed by atoms with E-state index in [1.54, 1.807) is 30.3 Å². The summed E-state index contributed by atoms with van der Waals surface area (Å²) in [7, 11) is -3.31. The number of ketones is 1. The molecule has 0 spiro atoms. The molecule has 0 aromatic heterocycles. The van der Waals surface area contributed by atoms with Gasteiger partial charge in [0, 0.05) is 17.0 Å². The van der Waals surface area contributed by atoms with Crippen LogP contribution in [0.15, 0.2) is 47.4 Å². The maximum Gasteiger partial charge on any atom is 0.232 e. The predicted octanol–water partition coefficient (Wildman–Crippen LogP) is 3.51. The van der Waals surface area contributed by atoms with Crippen molar-refractivity contribution in [3.63, 3.8) is 0 Å². The molecule has 0 N–H and O–H groups in total. The molecule has 4 nitrogen and oxygen atoms in total. The van der Waals surface area contributed by atoms with E-state index in [2.05, 4.69) is 0 Å². The van der Waals surface area contributed by atoms with E-state index in [4.69, 9.17) is 0 Å².